The Bertz CT molecular complexity index is 800. The zero-order chi connectivity index (χ0) is 18.8. The first-order chi connectivity index (χ1) is 12.9. The Labute approximate surface area is 162 Å². The second-order valence-corrected chi connectivity index (χ2v) is 9.84. The van der Waals surface area contributed by atoms with Crippen LogP contribution in [0.15, 0.2) is 42.3 Å². The minimum atomic E-state index is -0.380. The lowest BCUT2D eigenvalue weighted by Gasteiger charge is -2.58. The summed E-state index contributed by atoms with van der Waals surface area (Å²) in [4.78, 5) is 4.34. The number of nitrogens with zero attached hydrogens (tertiary/aromatic N) is 1. The van der Waals surface area contributed by atoms with Gasteiger partial charge in [-0.3, -0.25) is 4.98 Å². The van der Waals surface area contributed by atoms with Crippen molar-refractivity contribution in [3.05, 3.63) is 47.8 Å². The van der Waals surface area contributed by atoms with E-state index in [1.54, 1.807) is 0 Å². The van der Waals surface area contributed by atoms with E-state index >= 15 is 0 Å². The molecule has 1 aromatic heterocycles. The molecule has 1 aromatic rings. The van der Waals surface area contributed by atoms with E-state index < -0.39 is 0 Å². The molecule has 0 saturated heterocycles. The molecule has 4 aliphatic rings. The number of aliphatic hydroxyl groups is 2. The van der Waals surface area contributed by atoms with Crippen LogP contribution in [0.2, 0.25) is 0 Å². The van der Waals surface area contributed by atoms with Crippen LogP contribution < -0.4 is 0 Å². The number of allylic oxidation sites excluding steroid dienone is 2. The molecule has 4 aliphatic carbocycles. The molecule has 0 amide bonds. The fourth-order valence-corrected chi connectivity index (χ4v) is 7.17. The Balaban J connectivity index is 1.52. The van der Waals surface area contributed by atoms with E-state index in [1.165, 1.54) is 23.1 Å². The summed E-state index contributed by atoms with van der Waals surface area (Å²) in [5, 5.41) is 21.3. The predicted octanol–water partition coefficient (Wildman–Crippen LogP) is 4.37. The maximum Gasteiger partial charge on any atom is 0.0757 e. The Hall–Kier alpha value is -1.45. The van der Waals surface area contributed by atoms with Gasteiger partial charge in [0.1, 0.15) is 0 Å². The number of aliphatic hydroxyl groups excluding tert-OH is 2. The maximum absolute atomic E-state index is 11.2. The summed E-state index contributed by atoms with van der Waals surface area (Å²) in [6.45, 7) is 4.82. The van der Waals surface area contributed by atoms with Crippen LogP contribution in [-0.2, 0) is 0 Å². The fraction of sp³-hybridized carbons (Fsp3) is 0.625. The Kier molecular flexibility index (Phi) is 3.93. The molecule has 0 spiro atoms. The molecule has 2 N–H and O–H groups in total. The maximum atomic E-state index is 11.2. The van der Waals surface area contributed by atoms with E-state index in [4.69, 9.17) is 0 Å². The molecule has 5 rings (SSSR count). The van der Waals surface area contributed by atoms with E-state index in [0.29, 0.717) is 17.8 Å². The van der Waals surface area contributed by atoms with Gasteiger partial charge in [-0.05, 0) is 84.3 Å². The summed E-state index contributed by atoms with van der Waals surface area (Å²) in [7, 11) is 0. The van der Waals surface area contributed by atoms with Gasteiger partial charge in [0, 0.05) is 12.4 Å². The normalized spacial score (nSPS) is 46.0. The highest BCUT2D eigenvalue weighted by atomic mass is 16.3. The van der Waals surface area contributed by atoms with Crippen molar-refractivity contribution in [2.75, 3.05) is 0 Å². The third-order valence-electron chi connectivity index (χ3n) is 8.66. The van der Waals surface area contributed by atoms with E-state index in [2.05, 4.69) is 37.0 Å². The molecular weight excluding hydrogens is 334 g/mol. The smallest absolute Gasteiger partial charge is 0.0757 e. The SMILES string of the molecule is C[C@]12CC[C@H](O)CC1=C[C@H](O)[C@@H]1[C@@H]2CC[C@]2(C)C(c3cccnc3)=CC[C@@H]12. The van der Waals surface area contributed by atoms with Crippen molar-refractivity contribution < 1.29 is 10.2 Å². The predicted molar refractivity (Wildman–Crippen MR) is 107 cm³/mol. The van der Waals surface area contributed by atoms with Gasteiger partial charge >= 0.3 is 0 Å². The summed E-state index contributed by atoms with van der Waals surface area (Å²) in [6, 6.07) is 4.20. The molecule has 3 heteroatoms. The number of rotatable bonds is 1. The lowest BCUT2D eigenvalue weighted by molar-refractivity contribution is -0.0731. The first-order valence-electron chi connectivity index (χ1n) is 10.6. The molecule has 0 bridgehead atoms. The Morgan fingerprint density at radius 2 is 1.89 bits per heavy atom. The van der Waals surface area contributed by atoms with Crippen molar-refractivity contribution in [1.29, 1.82) is 0 Å². The minimum absolute atomic E-state index is 0.126. The third-order valence-corrected chi connectivity index (χ3v) is 8.66. The minimum Gasteiger partial charge on any atom is -0.393 e. The van der Waals surface area contributed by atoms with Crippen LogP contribution in [0, 0.1) is 28.6 Å². The number of fused-ring (bicyclic) bond motifs is 5. The van der Waals surface area contributed by atoms with Gasteiger partial charge in [0.2, 0.25) is 0 Å². The van der Waals surface area contributed by atoms with Crippen LogP contribution in [-0.4, -0.2) is 27.4 Å². The van der Waals surface area contributed by atoms with E-state index in [0.717, 1.165) is 32.1 Å². The molecule has 0 radical (unpaired) electrons. The molecule has 2 fully saturated rings. The van der Waals surface area contributed by atoms with Crippen LogP contribution >= 0.6 is 0 Å². The highest BCUT2D eigenvalue weighted by Gasteiger charge is 2.59. The largest absolute Gasteiger partial charge is 0.393 e. The van der Waals surface area contributed by atoms with Crippen LogP contribution in [0.5, 0.6) is 0 Å². The average Bonchev–Trinajstić information content (AvgIpc) is 3.01. The monoisotopic (exact) mass is 365 g/mol. The van der Waals surface area contributed by atoms with Crippen LogP contribution in [0.1, 0.15) is 57.9 Å². The van der Waals surface area contributed by atoms with Crippen molar-refractivity contribution in [3.8, 4) is 0 Å². The molecule has 2 saturated carbocycles. The molecular formula is C24H31NO2. The lowest BCUT2D eigenvalue weighted by Crippen LogP contribution is -2.54. The lowest BCUT2D eigenvalue weighted by atomic mass is 9.46. The zero-order valence-corrected chi connectivity index (χ0v) is 16.4. The summed E-state index contributed by atoms with van der Waals surface area (Å²) in [5.74, 6) is 1.33. The van der Waals surface area contributed by atoms with Crippen LogP contribution in [0.4, 0.5) is 0 Å². The molecule has 7 atom stereocenters. The van der Waals surface area contributed by atoms with Gasteiger partial charge < -0.3 is 10.2 Å². The van der Waals surface area contributed by atoms with Gasteiger partial charge in [0.25, 0.3) is 0 Å². The fourth-order valence-electron chi connectivity index (χ4n) is 7.17. The molecule has 1 heterocycles. The third kappa shape index (κ3) is 2.44. The highest BCUT2D eigenvalue weighted by molar-refractivity contribution is 5.72. The van der Waals surface area contributed by atoms with Gasteiger partial charge in [-0.25, -0.2) is 0 Å². The van der Waals surface area contributed by atoms with Gasteiger partial charge in [-0.15, -0.1) is 0 Å². The average molecular weight is 366 g/mol. The summed E-state index contributed by atoms with van der Waals surface area (Å²) < 4.78 is 0. The van der Waals surface area contributed by atoms with Crippen molar-refractivity contribution in [2.45, 2.75) is 64.6 Å². The van der Waals surface area contributed by atoms with Crippen molar-refractivity contribution in [2.24, 2.45) is 28.6 Å². The molecule has 27 heavy (non-hydrogen) atoms. The quantitative estimate of drug-likeness (QED) is 0.727. The molecule has 3 nitrogen and oxygen atoms in total. The number of hydrogen-bond acceptors (Lipinski definition) is 3. The topological polar surface area (TPSA) is 53.4 Å². The van der Waals surface area contributed by atoms with Gasteiger partial charge in [0.05, 0.1) is 12.2 Å². The van der Waals surface area contributed by atoms with Crippen molar-refractivity contribution in [1.82, 2.24) is 4.98 Å². The summed E-state index contributed by atoms with van der Waals surface area (Å²) in [6.07, 6.45) is 13.9. The van der Waals surface area contributed by atoms with Gasteiger partial charge in [-0.1, -0.05) is 37.6 Å². The second-order valence-electron chi connectivity index (χ2n) is 9.84. The van der Waals surface area contributed by atoms with Gasteiger partial charge in [-0.2, -0.15) is 0 Å². The Morgan fingerprint density at radius 3 is 2.67 bits per heavy atom. The summed E-state index contributed by atoms with van der Waals surface area (Å²) >= 11 is 0. The first kappa shape index (κ1) is 17.6. The highest BCUT2D eigenvalue weighted by Crippen LogP contribution is 2.66. The molecule has 0 unspecified atom stereocenters. The molecule has 0 aliphatic heterocycles. The van der Waals surface area contributed by atoms with Crippen molar-refractivity contribution >= 4 is 5.57 Å². The first-order valence-corrected chi connectivity index (χ1v) is 10.6. The van der Waals surface area contributed by atoms with E-state index in [-0.39, 0.29) is 23.0 Å². The van der Waals surface area contributed by atoms with Crippen LogP contribution in [0.25, 0.3) is 5.57 Å². The van der Waals surface area contributed by atoms with Gasteiger partial charge in [0.15, 0.2) is 0 Å². The zero-order valence-electron chi connectivity index (χ0n) is 16.4. The second kappa shape index (κ2) is 6.02. The Morgan fingerprint density at radius 1 is 1.07 bits per heavy atom. The number of hydrogen-bond donors (Lipinski definition) is 2. The number of aromatic nitrogens is 1. The van der Waals surface area contributed by atoms with Crippen LogP contribution in [0.3, 0.4) is 0 Å². The molecule has 144 valence electrons. The molecule has 0 aromatic carbocycles. The standard InChI is InChI=1S/C24H31NO2/c1-23-9-7-17(26)12-16(23)13-21(27)22-19-6-5-18(15-4-3-11-25-14-15)24(19,2)10-8-20(22)23/h3-5,11,13-14,17,19-22,26-27H,6-10,12H2,1-2H3/t17-,19-,20-,21-,22-,23-,24+/m0/s1. The van der Waals surface area contributed by atoms with E-state index in [1.807, 2.05) is 18.5 Å². The van der Waals surface area contributed by atoms with Crippen molar-refractivity contribution in [3.63, 3.8) is 0 Å². The summed E-state index contributed by atoms with van der Waals surface area (Å²) in [5.41, 5.74) is 4.28. The number of pyridine rings is 1. The van der Waals surface area contributed by atoms with E-state index in [9.17, 15) is 10.2 Å².